The second-order valence-corrected chi connectivity index (χ2v) is 7.44. The van der Waals surface area contributed by atoms with Crippen molar-refractivity contribution >= 4 is 23.2 Å². The number of carbonyl (C=O) groups is 1. The Kier molecular flexibility index (Phi) is 5.88. The molecule has 1 aliphatic rings. The maximum atomic E-state index is 13.0. The lowest BCUT2D eigenvalue weighted by Gasteiger charge is -2.35. The van der Waals surface area contributed by atoms with Gasteiger partial charge in [-0.05, 0) is 48.9 Å². The summed E-state index contributed by atoms with van der Waals surface area (Å²) in [7, 11) is 0. The van der Waals surface area contributed by atoms with E-state index in [-0.39, 0.29) is 11.7 Å². The zero-order valence-electron chi connectivity index (χ0n) is 16.9. The minimum atomic E-state index is -0.291. The van der Waals surface area contributed by atoms with Crippen LogP contribution in [0.15, 0.2) is 60.7 Å². The lowest BCUT2D eigenvalue weighted by Crippen LogP contribution is -2.49. The normalized spacial score (nSPS) is 13.9. The Morgan fingerprint density at radius 3 is 2.27 bits per heavy atom. The molecule has 1 amide bonds. The maximum Gasteiger partial charge on any atom is 0.227 e. The number of hydrogen-bond donors (Lipinski definition) is 1. The van der Waals surface area contributed by atoms with Crippen molar-refractivity contribution in [1.29, 1.82) is 0 Å². The van der Waals surface area contributed by atoms with E-state index in [1.807, 2.05) is 41.3 Å². The molecule has 0 atom stereocenters. The summed E-state index contributed by atoms with van der Waals surface area (Å²) in [5.41, 5.74) is 3.00. The van der Waals surface area contributed by atoms with Crippen LogP contribution in [0.1, 0.15) is 11.1 Å². The van der Waals surface area contributed by atoms with Crippen molar-refractivity contribution in [2.45, 2.75) is 13.3 Å². The van der Waals surface area contributed by atoms with Crippen LogP contribution in [0.5, 0.6) is 0 Å². The number of nitrogens with zero attached hydrogens (tertiary/aromatic N) is 4. The smallest absolute Gasteiger partial charge is 0.227 e. The van der Waals surface area contributed by atoms with Crippen LogP contribution in [0.2, 0.25) is 0 Å². The van der Waals surface area contributed by atoms with Crippen LogP contribution in [-0.2, 0) is 11.2 Å². The number of hydrogen-bond acceptors (Lipinski definition) is 5. The number of halogens is 1. The summed E-state index contributed by atoms with van der Waals surface area (Å²) in [6.45, 7) is 4.72. The third-order valence-electron chi connectivity index (χ3n) is 5.20. The van der Waals surface area contributed by atoms with Crippen LogP contribution in [0.4, 0.5) is 21.7 Å². The molecule has 30 heavy (non-hydrogen) atoms. The highest BCUT2D eigenvalue weighted by Crippen LogP contribution is 2.18. The summed E-state index contributed by atoms with van der Waals surface area (Å²) in [5.74, 6) is 1.26. The van der Waals surface area contributed by atoms with E-state index in [1.54, 1.807) is 12.1 Å². The van der Waals surface area contributed by atoms with Gasteiger partial charge >= 0.3 is 0 Å². The Labute approximate surface area is 175 Å². The highest BCUT2D eigenvalue weighted by molar-refractivity contribution is 5.79. The number of aryl methyl sites for hydroxylation is 1. The summed E-state index contributed by atoms with van der Waals surface area (Å²) in [4.78, 5) is 16.5. The fraction of sp³-hybridized carbons (Fsp3) is 0.261. The van der Waals surface area contributed by atoms with E-state index in [0.29, 0.717) is 38.4 Å². The molecule has 4 rings (SSSR count). The molecule has 0 aliphatic carbocycles. The van der Waals surface area contributed by atoms with E-state index in [4.69, 9.17) is 0 Å². The molecule has 0 radical (unpaired) electrons. The predicted octanol–water partition coefficient (Wildman–Crippen LogP) is 3.56. The minimum absolute atomic E-state index is 0.0602. The van der Waals surface area contributed by atoms with Crippen molar-refractivity contribution in [2.24, 2.45) is 0 Å². The number of rotatable bonds is 5. The predicted molar refractivity (Wildman–Crippen MR) is 115 cm³/mol. The van der Waals surface area contributed by atoms with Crippen LogP contribution in [-0.4, -0.2) is 47.2 Å². The molecule has 1 saturated heterocycles. The van der Waals surface area contributed by atoms with Crippen LogP contribution in [0.25, 0.3) is 0 Å². The molecule has 3 aromatic rings. The molecule has 6 nitrogen and oxygen atoms in total. The summed E-state index contributed by atoms with van der Waals surface area (Å²) >= 11 is 0. The lowest BCUT2D eigenvalue weighted by atomic mass is 10.1. The number of aromatic nitrogens is 2. The Morgan fingerprint density at radius 1 is 0.933 bits per heavy atom. The van der Waals surface area contributed by atoms with Gasteiger partial charge in [0.05, 0.1) is 6.42 Å². The molecule has 0 unspecified atom stereocenters. The van der Waals surface area contributed by atoms with Gasteiger partial charge in [0.2, 0.25) is 5.91 Å². The van der Waals surface area contributed by atoms with Crippen molar-refractivity contribution in [1.82, 2.24) is 15.1 Å². The van der Waals surface area contributed by atoms with Crippen LogP contribution < -0.4 is 10.2 Å². The highest BCUT2D eigenvalue weighted by atomic mass is 19.1. The van der Waals surface area contributed by atoms with Gasteiger partial charge in [-0.15, -0.1) is 10.2 Å². The van der Waals surface area contributed by atoms with Gasteiger partial charge in [0, 0.05) is 31.9 Å². The number of benzene rings is 2. The molecule has 1 aromatic heterocycles. The molecule has 1 aliphatic heterocycles. The van der Waals surface area contributed by atoms with Crippen molar-refractivity contribution in [3.63, 3.8) is 0 Å². The van der Waals surface area contributed by atoms with Crippen LogP contribution >= 0.6 is 0 Å². The largest absolute Gasteiger partial charge is 0.352 e. The summed E-state index contributed by atoms with van der Waals surface area (Å²) in [6.07, 6.45) is 0.291. The number of amides is 1. The van der Waals surface area contributed by atoms with Gasteiger partial charge in [0.1, 0.15) is 5.82 Å². The molecule has 2 aromatic carbocycles. The molecule has 154 valence electrons. The number of carbonyl (C=O) groups excluding carboxylic acids is 1. The summed E-state index contributed by atoms with van der Waals surface area (Å²) in [5, 5.41) is 11.9. The Morgan fingerprint density at radius 2 is 1.63 bits per heavy atom. The first-order chi connectivity index (χ1) is 14.6. The molecular formula is C23H24FN5O. The van der Waals surface area contributed by atoms with Gasteiger partial charge in [-0.2, -0.15) is 0 Å². The first-order valence-corrected chi connectivity index (χ1v) is 10.0. The fourth-order valence-corrected chi connectivity index (χ4v) is 3.42. The second kappa shape index (κ2) is 8.90. The Balaban J connectivity index is 1.29. The summed E-state index contributed by atoms with van der Waals surface area (Å²) in [6, 6.07) is 18.0. The van der Waals surface area contributed by atoms with Gasteiger partial charge in [-0.3, -0.25) is 4.79 Å². The van der Waals surface area contributed by atoms with E-state index in [1.165, 1.54) is 17.7 Å². The minimum Gasteiger partial charge on any atom is -0.352 e. The average Bonchev–Trinajstić information content (AvgIpc) is 2.77. The molecule has 0 saturated carbocycles. The zero-order chi connectivity index (χ0) is 20.9. The Hall–Kier alpha value is -3.48. The first kappa shape index (κ1) is 19.8. The molecule has 2 heterocycles. The van der Waals surface area contributed by atoms with Crippen LogP contribution in [0.3, 0.4) is 0 Å². The van der Waals surface area contributed by atoms with Gasteiger partial charge < -0.3 is 15.1 Å². The van der Waals surface area contributed by atoms with E-state index < -0.39 is 0 Å². The molecular weight excluding hydrogens is 381 g/mol. The van der Waals surface area contributed by atoms with Crippen molar-refractivity contribution in [2.75, 3.05) is 36.4 Å². The molecule has 7 heteroatoms. The van der Waals surface area contributed by atoms with Crippen molar-refractivity contribution in [3.05, 3.63) is 77.6 Å². The summed E-state index contributed by atoms with van der Waals surface area (Å²) < 4.78 is 13.0. The molecule has 1 N–H and O–H groups in total. The average molecular weight is 405 g/mol. The van der Waals surface area contributed by atoms with Gasteiger partial charge in [-0.25, -0.2) is 4.39 Å². The van der Waals surface area contributed by atoms with E-state index >= 15 is 0 Å². The third-order valence-corrected chi connectivity index (χ3v) is 5.20. The monoisotopic (exact) mass is 405 g/mol. The van der Waals surface area contributed by atoms with Gasteiger partial charge in [0.15, 0.2) is 11.6 Å². The molecule has 1 fully saturated rings. The van der Waals surface area contributed by atoms with E-state index in [2.05, 4.69) is 27.3 Å². The zero-order valence-corrected chi connectivity index (χ0v) is 16.9. The maximum absolute atomic E-state index is 13.0. The van der Waals surface area contributed by atoms with Crippen molar-refractivity contribution in [3.8, 4) is 0 Å². The SMILES string of the molecule is Cc1ccc(Nc2ccc(N3CCN(C(=O)Cc4ccc(F)cc4)CC3)nn2)cc1. The third kappa shape index (κ3) is 4.92. The second-order valence-electron chi connectivity index (χ2n) is 7.44. The quantitative estimate of drug-likeness (QED) is 0.703. The fourth-order valence-electron chi connectivity index (χ4n) is 3.42. The lowest BCUT2D eigenvalue weighted by molar-refractivity contribution is -0.130. The molecule has 0 spiro atoms. The van der Waals surface area contributed by atoms with Crippen molar-refractivity contribution < 1.29 is 9.18 Å². The number of nitrogens with one attached hydrogen (secondary N) is 1. The first-order valence-electron chi connectivity index (χ1n) is 10.0. The van der Waals surface area contributed by atoms with E-state index in [0.717, 1.165) is 17.1 Å². The van der Waals surface area contributed by atoms with Gasteiger partial charge in [-0.1, -0.05) is 29.8 Å². The highest BCUT2D eigenvalue weighted by Gasteiger charge is 2.22. The van der Waals surface area contributed by atoms with Gasteiger partial charge in [0.25, 0.3) is 0 Å². The number of anilines is 3. The topological polar surface area (TPSA) is 61.4 Å². The Bertz CT molecular complexity index is 982. The number of piperazine rings is 1. The molecule has 0 bridgehead atoms. The van der Waals surface area contributed by atoms with E-state index in [9.17, 15) is 9.18 Å². The standard InChI is InChI=1S/C23H24FN5O/c1-17-2-8-20(9-3-17)25-21-10-11-22(27-26-21)28-12-14-29(15-13-28)23(30)16-18-4-6-19(24)7-5-18/h2-11H,12-16H2,1H3,(H,25,26). The van der Waals surface area contributed by atoms with Crippen LogP contribution in [0, 0.1) is 12.7 Å².